The van der Waals surface area contributed by atoms with E-state index >= 15 is 0 Å². The lowest BCUT2D eigenvalue weighted by molar-refractivity contribution is -0.136. The number of ether oxygens (including phenoxy) is 1. The summed E-state index contributed by atoms with van der Waals surface area (Å²) in [6, 6.07) is 34.0. The maximum Gasteiger partial charge on any atom is 0.417 e. The third-order valence-electron chi connectivity index (χ3n) is 6.67. The van der Waals surface area contributed by atoms with Crippen LogP contribution in [-0.2, 0) is 12.8 Å². The van der Waals surface area contributed by atoms with Crippen molar-refractivity contribution in [3.05, 3.63) is 132 Å². The van der Waals surface area contributed by atoms with Crippen LogP contribution in [0.5, 0.6) is 5.75 Å². The van der Waals surface area contributed by atoms with Gasteiger partial charge in [0.2, 0.25) is 0 Å². The number of hydrogen-bond donors (Lipinski definition) is 0. The Morgan fingerprint density at radius 1 is 0.750 bits per heavy atom. The van der Waals surface area contributed by atoms with Crippen LogP contribution in [0.1, 0.15) is 16.7 Å². The molecule has 0 amide bonds. The van der Waals surface area contributed by atoms with Crippen molar-refractivity contribution in [1.82, 2.24) is 14.8 Å². The fourth-order valence-corrected chi connectivity index (χ4v) is 4.61. The minimum absolute atomic E-state index is 0.0376. The van der Waals surface area contributed by atoms with E-state index in [-0.39, 0.29) is 22.4 Å². The SMILES string of the molecule is Cc1ccc(COc2ccc(-c3cc(C(F)(F)F)c4c(-c5ccccc5)nn(-c5ccccc5)c4n3)cc2)cc1. The zero-order valence-electron chi connectivity index (χ0n) is 21.6. The number of benzene rings is 4. The molecule has 2 heterocycles. The molecule has 6 aromatic rings. The van der Waals surface area contributed by atoms with Gasteiger partial charge in [-0.2, -0.15) is 18.3 Å². The lowest BCUT2D eigenvalue weighted by Gasteiger charge is -2.13. The molecule has 0 aliphatic carbocycles. The first-order chi connectivity index (χ1) is 19.4. The smallest absolute Gasteiger partial charge is 0.417 e. The highest BCUT2D eigenvalue weighted by Gasteiger charge is 2.36. The first-order valence-electron chi connectivity index (χ1n) is 12.8. The number of aryl methyl sites for hydroxylation is 1. The van der Waals surface area contributed by atoms with Gasteiger partial charge in [-0.25, -0.2) is 9.67 Å². The van der Waals surface area contributed by atoms with E-state index in [1.807, 2.05) is 55.5 Å². The summed E-state index contributed by atoms with van der Waals surface area (Å²) < 4.78 is 51.1. The molecule has 198 valence electrons. The average molecular weight is 536 g/mol. The Labute approximate surface area is 229 Å². The van der Waals surface area contributed by atoms with Crippen LogP contribution < -0.4 is 4.74 Å². The fourth-order valence-electron chi connectivity index (χ4n) is 4.61. The Bertz CT molecular complexity index is 1760. The topological polar surface area (TPSA) is 39.9 Å². The molecular formula is C33H24F3N3O. The highest BCUT2D eigenvalue weighted by Crippen LogP contribution is 2.41. The molecule has 6 rings (SSSR count). The summed E-state index contributed by atoms with van der Waals surface area (Å²) in [5, 5.41) is 4.61. The van der Waals surface area contributed by atoms with Gasteiger partial charge in [-0.05, 0) is 55.0 Å². The Morgan fingerprint density at radius 3 is 2.05 bits per heavy atom. The number of rotatable bonds is 6. The number of aromatic nitrogens is 3. The Balaban J connectivity index is 1.45. The zero-order chi connectivity index (χ0) is 27.7. The third kappa shape index (κ3) is 5.06. The standard InChI is InChI=1S/C33H24F3N3O/c1-22-12-14-23(15-13-22)21-40-27-18-16-24(17-19-27)29-20-28(33(34,35)36)30-31(25-8-4-2-5-9-25)38-39(32(30)37-29)26-10-6-3-7-11-26/h2-20H,21H2,1H3. The molecular weight excluding hydrogens is 511 g/mol. The van der Waals surface area contributed by atoms with Gasteiger partial charge in [0.25, 0.3) is 0 Å². The van der Waals surface area contributed by atoms with Crippen LogP contribution in [0.3, 0.4) is 0 Å². The molecule has 0 saturated carbocycles. The zero-order valence-corrected chi connectivity index (χ0v) is 21.6. The van der Waals surface area contributed by atoms with E-state index in [1.54, 1.807) is 60.7 Å². The van der Waals surface area contributed by atoms with Gasteiger partial charge in [-0.3, -0.25) is 0 Å². The van der Waals surface area contributed by atoms with Gasteiger partial charge in [0, 0.05) is 11.1 Å². The highest BCUT2D eigenvalue weighted by molar-refractivity contribution is 5.96. The molecule has 0 N–H and O–H groups in total. The number of fused-ring (bicyclic) bond motifs is 1. The molecule has 7 heteroatoms. The van der Waals surface area contributed by atoms with Gasteiger partial charge in [-0.1, -0.05) is 78.4 Å². The summed E-state index contributed by atoms with van der Waals surface area (Å²) in [4.78, 5) is 4.73. The van der Waals surface area contributed by atoms with E-state index in [1.165, 1.54) is 10.2 Å². The van der Waals surface area contributed by atoms with Crippen molar-refractivity contribution in [2.75, 3.05) is 0 Å². The van der Waals surface area contributed by atoms with Gasteiger partial charge in [-0.15, -0.1) is 0 Å². The van der Waals surface area contributed by atoms with E-state index in [2.05, 4.69) is 5.10 Å². The predicted octanol–water partition coefficient (Wildman–Crippen LogP) is 8.66. The van der Waals surface area contributed by atoms with Gasteiger partial charge in [0.05, 0.1) is 22.3 Å². The number of alkyl halides is 3. The molecule has 0 radical (unpaired) electrons. The van der Waals surface area contributed by atoms with E-state index in [4.69, 9.17) is 9.72 Å². The number of nitrogens with zero attached hydrogens (tertiary/aromatic N) is 3. The summed E-state index contributed by atoms with van der Waals surface area (Å²) in [5.41, 5.74) is 3.71. The van der Waals surface area contributed by atoms with E-state index < -0.39 is 11.7 Å². The summed E-state index contributed by atoms with van der Waals surface area (Å²) in [5.74, 6) is 0.613. The first-order valence-corrected chi connectivity index (χ1v) is 12.8. The van der Waals surface area contributed by atoms with E-state index in [9.17, 15) is 13.2 Å². The monoisotopic (exact) mass is 535 g/mol. The van der Waals surface area contributed by atoms with Crippen LogP contribution in [0, 0.1) is 6.92 Å². The molecule has 0 aliphatic rings. The summed E-state index contributed by atoms with van der Waals surface area (Å²) in [7, 11) is 0. The number of pyridine rings is 1. The third-order valence-corrected chi connectivity index (χ3v) is 6.67. The molecule has 0 bridgehead atoms. The molecule has 0 atom stereocenters. The Kier molecular flexibility index (Phi) is 6.56. The molecule has 0 fully saturated rings. The van der Waals surface area contributed by atoms with Crippen LogP contribution in [0.15, 0.2) is 115 Å². The van der Waals surface area contributed by atoms with Crippen molar-refractivity contribution in [2.24, 2.45) is 0 Å². The maximum atomic E-state index is 14.6. The normalized spacial score (nSPS) is 11.6. The summed E-state index contributed by atoms with van der Waals surface area (Å²) >= 11 is 0. The maximum absolute atomic E-state index is 14.6. The number of halogens is 3. The molecule has 4 nitrogen and oxygen atoms in total. The number of hydrogen-bond acceptors (Lipinski definition) is 3. The molecule has 0 aliphatic heterocycles. The van der Waals surface area contributed by atoms with Crippen molar-refractivity contribution in [1.29, 1.82) is 0 Å². The van der Waals surface area contributed by atoms with Crippen molar-refractivity contribution < 1.29 is 17.9 Å². The molecule has 2 aromatic heterocycles. The molecule has 0 unspecified atom stereocenters. The lowest BCUT2D eigenvalue weighted by Crippen LogP contribution is -2.08. The van der Waals surface area contributed by atoms with Crippen LogP contribution in [0.4, 0.5) is 13.2 Å². The minimum atomic E-state index is -4.62. The van der Waals surface area contributed by atoms with Crippen LogP contribution in [0.2, 0.25) is 0 Å². The van der Waals surface area contributed by atoms with Crippen molar-refractivity contribution in [3.63, 3.8) is 0 Å². The quantitative estimate of drug-likeness (QED) is 0.214. The molecule has 0 saturated heterocycles. The van der Waals surface area contributed by atoms with Gasteiger partial charge >= 0.3 is 6.18 Å². The van der Waals surface area contributed by atoms with Crippen LogP contribution >= 0.6 is 0 Å². The number of para-hydroxylation sites is 1. The predicted molar refractivity (Wildman–Crippen MR) is 150 cm³/mol. The second kappa shape index (κ2) is 10.3. The van der Waals surface area contributed by atoms with Crippen LogP contribution in [0.25, 0.3) is 39.2 Å². The largest absolute Gasteiger partial charge is 0.489 e. The van der Waals surface area contributed by atoms with Crippen molar-refractivity contribution >= 4 is 11.0 Å². The fraction of sp³-hybridized carbons (Fsp3) is 0.0909. The molecule has 0 spiro atoms. The summed E-state index contributed by atoms with van der Waals surface area (Å²) in [6.07, 6.45) is -4.62. The average Bonchev–Trinajstić information content (AvgIpc) is 3.37. The Hall–Kier alpha value is -4.91. The van der Waals surface area contributed by atoms with E-state index in [0.717, 1.165) is 11.6 Å². The second-order valence-electron chi connectivity index (χ2n) is 9.51. The van der Waals surface area contributed by atoms with Gasteiger partial charge < -0.3 is 4.74 Å². The van der Waals surface area contributed by atoms with Gasteiger partial charge in [0.1, 0.15) is 18.1 Å². The van der Waals surface area contributed by atoms with Crippen molar-refractivity contribution in [3.8, 4) is 34.0 Å². The Morgan fingerprint density at radius 2 is 1.40 bits per heavy atom. The van der Waals surface area contributed by atoms with Crippen LogP contribution in [-0.4, -0.2) is 14.8 Å². The lowest BCUT2D eigenvalue weighted by atomic mass is 10.0. The van der Waals surface area contributed by atoms with E-state index in [0.29, 0.717) is 29.2 Å². The summed E-state index contributed by atoms with van der Waals surface area (Å²) in [6.45, 7) is 2.41. The second-order valence-corrected chi connectivity index (χ2v) is 9.51. The van der Waals surface area contributed by atoms with Gasteiger partial charge in [0.15, 0.2) is 5.65 Å². The van der Waals surface area contributed by atoms with Crippen molar-refractivity contribution in [2.45, 2.75) is 19.7 Å². The molecule has 4 aromatic carbocycles. The molecule has 40 heavy (non-hydrogen) atoms. The first kappa shape index (κ1) is 25.4. The highest BCUT2D eigenvalue weighted by atomic mass is 19.4. The minimum Gasteiger partial charge on any atom is -0.489 e.